The zero-order chi connectivity index (χ0) is 38.5. The number of halogens is 1. The quantitative estimate of drug-likeness (QED) is 0.0822. The lowest BCUT2D eigenvalue weighted by Crippen LogP contribution is -2.49. The molecule has 1 aromatic heterocycles. The molecule has 6 aromatic rings. The lowest BCUT2D eigenvalue weighted by Gasteiger charge is -2.39. The second kappa shape index (κ2) is 16.3. The number of esters is 1. The Kier molecular flexibility index (Phi) is 11.1. The Bertz CT molecular complexity index is 2350. The van der Waals surface area contributed by atoms with E-state index in [1.54, 1.807) is 85.3 Å². The minimum Gasteiger partial charge on any atom is -0.497 e. The van der Waals surface area contributed by atoms with Crippen LogP contribution in [0, 0.1) is 3.57 Å². The summed E-state index contributed by atoms with van der Waals surface area (Å²) in [4.78, 5) is 55.1. The average molecular weight is 851 g/mol. The maximum Gasteiger partial charge on any atom is 0.340 e. The van der Waals surface area contributed by atoms with Crippen molar-refractivity contribution in [1.82, 2.24) is 9.13 Å². The first-order valence-electron chi connectivity index (χ1n) is 17.3. The van der Waals surface area contributed by atoms with Crippen LogP contribution in [-0.2, 0) is 19.8 Å². The van der Waals surface area contributed by atoms with Gasteiger partial charge in [0.15, 0.2) is 12.3 Å². The molecule has 2 heterocycles. The van der Waals surface area contributed by atoms with E-state index in [0.29, 0.717) is 16.1 Å². The lowest BCUT2D eigenvalue weighted by molar-refractivity contribution is -0.0970. The zero-order valence-corrected chi connectivity index (χ0v) is 31.9. The number of hydrogen-bond donors (Lipinski definition) is 0. The van der Waals surface area contributed by atoms with Gasteiger partial charge in [0.2, 0.25) is 0 Å². The molecule has 1 fully saturated rings. The van der Waals surface area contributed by atoms with Crippen molar-refractivity contribution in [1.29, 1.82) is 0 Å². The summed E-state index contributed by atoms with van der Waals surface area (Å²) in [5.41, 5.74) is -0.519. The highest BCUT2D eigenvalue weighted by Crippen LogP contribution is 2.45. The highest BCUT2D eigenvalue weighted by atomic mass is 127. The molecule has 0 amide bonds. The van der Waals surface area contributed by atoms with E-state index in [2.05, 4.69) is 0 Å². The summed E-state index contributed by atoms with van der Waals surface area (Å²) in [5.74, 6) is -0.235. The fraction of sp³-hybridized carbons (Fsp3) is 0.163. The normalized spacial score (nSPS) is 16.7. The smallest absolute Gasteiger partial charge is 0.340 e. The zero-order valence-electron chi connectivity index (χ0n) is 29.7. The van der Waals surface area contributed by atoms with Gasteiger partial charge >= 0.3 is 11.7 Å². The molecule has 3 atom stereocenters. The molecule has 1 unspecified atom stereocenters. The van der Waals surface area contributed by atoms with E-state index in [1.165, 1.54) is 18.3 Å². The van der Waals surface area contributed by atoms with E-state index in [0.717, 1.165) is 21.3 Å². The Morgan fingerprint density at radius 1 is 0.691 bits per heavy atom. The molecule has 0 radical (unpaired) electrons. The molecule has 0 bridgehead atoms. The maximum atomic E-state index is 14.2. The van der Waals surface area contributed by atoms with Crippen LogP contribution in [0.2, 0.25) is 0 Å². The number of benzene rings is 5. The number of ether oxygens (including phenoxy) is 5. The first-order chi connectivity index (χ1) is 26.7. The minimum absolute atomic E-state index is 0.0673. The van der Waals surface area contributed by atoms with Crippen LogP contribution >= 0.6 is 22.6 Å². The highest BCUT2D eigenvalue weighted by molar-refractivity contribution is 14.1. The largest absolute Gasteiger partial charge is 0.497 e. The van der Waals surface area contributed by atoms with Gasteiger partial charge in [0, 0.05) is 11.8 Å². The third-order valence-electron chi connectivity index (χ3n) is 9.40. The van der Waals surface area contributed by atoms with Crippen LogP contribution in [0.3, 0.4) is 0 Å². The SMILES string of the molecule is COc1ccc(C(O[C@H]2COC(n3cc(I)c(=O)n(C(=O)c4ccccc4)c3=O)[C@@H]2OC(=O)c2ccccc2)(c2ccccc2)c2ccc(OC)cc2)cc1. The molecule has 0 N–H and O–H groups in total. The Hall–Kier alpha value is -5.83. The van der Waals surface area contributed by atoms with Crippen molar-refractivity contribution >= 4 is 34.5 Å². The summed E-state index contributed by atoms with van der Waals surface area (Å²) < 4.78 is 32.6. The van der Waals surface area contributed by atoms with Gasteiger partial charge in [0.1, 0.15) is 23.2 Å². The number of carbonyl (C=O) groups excluding carboxylic acids is 2. The van der Waals surface area contributed by atoms with Crippen molar-refractivity contribution in [3.8, 4) is 11.5 Å². The van der Waals surface area contributed by atoms with Gasteiger partial charge < -0.3 is 23.7 Å². The van der Waals surface area contributed by atoms with Crippen LogP contribution in [0.1, 0.15) is 43.6 Å². The summed E-state index contributed by atoms with van der Waals surface area (Å²) in [7, 11) is 3.17. The molecule has 55 heavy (non-hydrogen) atoms. The van der Waals surface area contributed by atoms with E-state index in [-0.39, 0.29) is 21.3 Å². The van der Waals surface area contributed by atoms with E-state index >= 15 is 0 Å². The van der Waals surface area contributed by atoms with Crippen LogP contribution in [0.5, 0.6) is 11.5 Å². The fourth-order valence-corrected chi connectivity index (χ4v) is 7.22. The Balaban J connectivity index is 1.40. The van der Waals surface area contributed by atoms with E-state index < -0.39 is 47.2 Å². The van der Waals surface area contributed by atoms with Crippen molar-refractivity contribution < 1.29 is 33.3 Å². The van der Waals surface area contributed by atoms with Gasteiger partial charge in [0.25, 0.3) is 11.5 Å². The molecule has 11 nitrogen and oxygen atoms in total. The third kappa shape index (κ3) is 7.35. The van der Waals surface area contributed by atoms with Gasteiger partial charge in [0.05, 0.1) is 30.0 Å². The molecular weight excluding hydrogens is 815 g/mol. The van der Waals surface area contributed by atoms with Crippen LogP contribution in [-0.4, -0.2) is 54.0 Å². The molecule has 12 heteroatoms. The predicted molar refractivity (Wildman–Crippen MR) is 212 cm³/mol. The third-order valence-corrected chi connectivity index (χ3v) is 10.1. The predicted octanol–water partition coefficient (Wildman–Crippen LogP) is 6.45. The first-order valence-corrected chi connectivity index (χ1v) is 18.4. The van der Waals surface area contributed by atoms with E-state index in [1.807, 2.05) is 78.9 Å². The molecule has 1 saturated heterocycles. The van der Waals surface area contributed by atoms with Gasteiger partial charge in [-0.3, -0.25) is 14.2 Å². The van der Waals surface area contributed by atoms with Crippen LogP contribution in [0.4, 0.5) is 0 Å². The highest BCUT2D eigenvalue weighted by Gasteiger charge is 2.49. The second-order valence-corrected chi connectivity index (χ2v) is 13.8. The fourth-order valence-electron chi connectivity index (χ4n) is 6.67. The van der Waals surface area contributed by atoms with Crippen LogP contribution < -0.4 is 20.7 Å². The van der Waals surface area contributed by atoms with Gasteiger partial charge in [-0.2, -0.15) is 4.57 Å². The number of nitrogens with zero attached hydrogens (tertiary/aromatic N) is 2. The van der Waals surface area contributed by atoms with Crippen molar-refractivity contribution in [2.45, 2.75) is 24.0 Å². The second-order valence-electron chi connectivity index (χ2n) is 12.6. The number of rotatable bonds is 11. The Labute approximate surface area is 329 Å². The summed E-state index contributed by atoms with van der Waals surface area (Å²) in [5, 5.41) is 0. The Morgan fingerprint density at radius 2 is 1.18 bits per heavy atom. The van der Waals surface area contributed by atoms with Crippen LogP contribution in [0.25, 0.3) is 0 Å². The molecule has 5 aromatic carbocycles. The summed E-state index contributed by atoms with van der Waals surface area (Å²) >= 11 is 1.77. The van der Waals surface area contributed by atoms with Crippen molar-refractivity contribution in [3.63, 3.8) is 0 Å². The lowest BCUT2D eigenvalue weighted by atomic mass is 9.79. The van der Waals surface area contributed by atoms with Crippen molar-refractivity contribution in [2.75, 3.05) is 20.8 Å². The topological polar surface area (TPSA) is 124 Å². The standard InChI is InChI=1S/C43H35IN2O9/c1-51-33-22-18-31(19-23-33)43(30-16-10-5-11-17-30,32-20-24-34(52-2)25-21-32)55-36-27-53-40(37(36)54-41(49)29-14-8-4-9-15-29)45-26-35(44)39(48)46(42(45)50)38(47)28-12-6-3-7-13-28/h3-26,36-37,40H,27H2,1-2H3/t36-,37+,40?/m0/s1. The van der Waals surface area contributed by atoms with E-state index in [4.69, 9.17) is 23.7 Å². The molecule has 0 spiro atoms. The number of carbonyl (C=O) groups is 2. The monoisotopic (exact) mass is 850 g/mol. The molecule has 1 aliphatic heterocycles. The van der Waals surface area contributed by atoms with Gasteiger partial charge in [-0.1, -0.05) is 91.0 Å². The molecule has 7 rings (SSSR count). The molecule has 278 valence electrons. The maximum absolute atomic E-state index is 14.2. The first kappa shape index (κ1) is 37.5. The van der Waals surface area contributed by atoms with Crippen LogP contribution in [0.15, 0.2) is 155 Å². The molecule has 0 saturated carbocycles. The molecular formula is C43H35IN2O9. The van der Waals surface area contributed by atoms with Crippen molar-refractivity contribution in [2.24, 2.45) is 0 Å². The van der Waals surface area contributed by atoms with Gasteiger partial charge in [-0.05, 0) is 87.8 Å². The molecule has 0 aliphatic carbocycles. The molecule has 1 aliphatic rings. The summed E-state index contributed by atoms with van der Waals surface area (Å²) in [6, 6.07) is 40.9. The van der Waals surface area contributed by atoms with Crippen molar-refractivity contribution in [3.05, 3.63) is 198 Å². The average Bonchev–Trinajstić information content (AvgIpc) is 3.63. The number of aromatic nitrogens is 2. The summed E-state index contributed by atoms with van der Waals surface area (Å²) in [6.45, 7) is -0.146. The number of methoxy groups -OCH3 is 2. The van der Waals surface area contributed by atoms with Gasteiger partial charge in [-0.15, -0.1) is 0 Å². The summed E-state index contributed by atoms with van der Waals surface area (Å²) in [6.07, 6.45) is -2.29. The Morgan fingerprint density at radius 3 is 1.71 bits per heavy atom. The van der Waals surface area contributed by atoms with Gasteiger partial charge in [-0.25, -0.2) is 9.59 Å². The van der Waals surface area contributed by atoms with E-state index in [9.17, 15) is 19.2 Å². The minimum atomic E-state index is -1.35. The number of hydrogen-bond acceptors (Lipinski definition) is 9.